The van der Waals surface area contributed by atoms with Gasteiger partial charge in [0.1, 0.15) is 42.3 Å². The van der Waals surface area contributed by atoms with E-state index in [1.807, 2.05) is 164 Å². The van der Waals surface area contributed by atoms with Gasteiger partial charge in [-0.1, -0.05) is 164 Å². The van der Waals surface area contributed by atoms with E-state index in [1.54, 1.807) is 0 Å². The Kier molecular flexibility index (Phi) is 27.4. The molecular weight excluding hydrogens is 1210 g/mol. The number of carbonyl (C=O) groups is 7. The number of hydrogen-bond donors (Lipinski definition) is 19. The number of rotatable bonds is 25. The minimum atomic E-state index is -1.44. The number of amides is 7. The fourth-order valence-electron chi connectivity index (χ4n) is 10.8. The lowest BCUT2D eigenvalue weighted by molar-refractivity contribution is -0.135. The molecule has 0 unspecified atom stereocenters. The van der Waals surface area contributed by atoms with E-state index in [0.717, 1.165) is 33.4 Å². The second-order valence-corrected chi connectivity index (χ2v) is 23.2. The van der Waals surface area contributed by atoms with E-state index >= 15 is 19.2 Å². The lowest BCUT2D eigenvalue weighted by atomic mass is 9.97. The third-order valence-electron chi connectivity index (χ3n) is 15.9. The standard InChI is InChI=1S/C69H87N19O7/c70-66(71)78-36-10-20-52-59(89)82-53(21-11-37-79-67(72)73)60(90)84-55(23-13-39-81-69(76)77)62(92)86-57(41-44-26-32-50(33-27-44)47-16-6-2-7-17-47)64(94)88-58(42-45-28-34-51(35-29-45)48-18-8-3-9-19-48)65(95)87-56(40-43-24-30-49(31-25-43)46-14-4-1-5-15-46)63(93)85-54(61(91)83-52)22-12-38-80-68(74)75/h1-9,14-19,24-35,52-58H,10-13,20-23,36-42H2,(H,82,89)(H,83,91)(H,84,90)(H,85,93)(H,86,92)(H,87,95)(H,88,94)(H4,70,71,78)(H4,72,73,79)(H4,74,75,80)(H4,76,77,81)/t52-,53-,54-,55-,56-,57-,58-/m0/s1. The lowest BCUT2D eigenvalue weighted by Crippen LogP contribution is -2.60. The van der Waals surface area contributed by atoms with Crippen LogP contribution in [0.1, 0.15) is 68.1 Å². The molecule has 23 N–H and O–H groups in total. The van der Waals surface area contributed by atoms with Gasteiger partial charge in [0, 0.05) is 45.4 Å². The number of guanidine groups is 4. The van der Waals surface area contributed by atoms with Crippen molar-refractivity contribution < 1.29 is 33.6 Å². The van der Waals surface area contributed by atoms with Gasteiger partial charge in [-0.15, -0.1) is 0 Å². The molecule has 7 amide bonds. The quantitative estimate of drug-likeness (QED) is 0.0222. The molecule has 1 saturated heterocycles. The molecule has 0 saturated carbocycles. The van der Waals surface area contributed by atoms with Gasteiger partial charge in [0.15, 0.2) is 23.8 Å². The summed E-state index contributed by atoms with van der Waals surface area (Å²) in [7, 11) is 0. The van der Waals surface area contributed by atoms with E-state index in [4.69, 9.17) is 44.6 Å². The highest BCUT2D eigenvalue weighted by molar-refractivity contribution is 5.99. The van der Waals surface area contributed by atoms with E-state index in [-0.39, 0.29) is 121 Å². The molecule has 0 aromatic heterocycles. The van der Waals surface area contributed by atoms with Crippen molar-refractivity contribution >= 4 is 65.2 Å². The smallest absolute Gasteiger partial charge is 0.243 e. The third-order valence-corrected chi connectivity index (χ3v) is 15.9. The van der Waals surface area contributed by atoms with Crippen molar-refractivity contribution in [2.75, 3.05) is 26.2 Å². The van der Waals surface area contributed by atoms with Gasteiger partial charge in [-0.05, 0) is 101 Å². The molecule has 0 spiro atoms. The van der Waals surface area contributed by atoms with Gasteiger partial charge in [-0.2, -0.15) is 0 Å². The van der Waals surface area contributed by atoms with Crippen LogP contribution in [-0.2, 0) is 52.8 Å². The zero-order valence-electron chi connectivity index (χ0n) is 52.9. The number of benzene rings is 6. The first-order valence-electron chi connectivity index (χ1n) is 31.7. The number of hydrogen-bond acceptors (Lipinski definition) is 11. The van der Waals surface area contributed by atoms with Gasteiger partial charge >= 0.3 is 0 Å². The van der Waals surface area contributed by atoms with Crippen molar-refractivity contribution in [1.29, 1.82) is 21.6 Å². The third kappa shape index (κ3) is 23.7. The highest BCUT2D eigenvalue weighted by Crippen LogP contribution is 2.24. The van der Waals surface area contributed by atoms with Crippen LogP contribution in [0.5, 0.6) is 0 Å². The van der Waals surface area contributed by atoms with Gasteiger partial charge in [0.05, 0.1) is 0 Å². The Morgan fingerprint density at radius 3 is 0.653 bits per heavy atom. The van der Waals surface area contributed by atoms with Crippen LogP contribution < -0.4 is 81.4 Å². The topological polar surface area (TPSA) is 451 Å². The summed E-state index contributed by atoms with van der Waals surface area (Å²) in [5.41, 5.74) is 29.7. The maximum absolute atomic E-state index is 15.5. The predicted molar refractivity (Wildman–Crippen MR) is 367 cm³/mol. The Balaban J connectivity index is 1.36. The summed E-state index contributed by atoms with van der Waals surface area (Å²) in [5.74, 6) is -7.14. The van der Waals surface area contributed by atoms with Gasteiger partial charge in [0.2, 0.25) is 41.4 Å². The normalized spacial score (nSPS) is 19.1. The largest absolute Gasteiger partial charge is 0.370 e. The molecule has 1 aliphatic rings. The zero-order valence-corrected chi connectivity index (χ0v) is 52.9. The maximum Gasteiger partial charge on any atom is 0.243 e. The monoisotopic (exact) mass is 1290 g/mol. The van der Waals surface area contributed by atoms with Crippen molar-refractivity contribution in [3.8, 4) is 33.4 Å². The lowest BCUT2D eigenvalue weighted by Gasteiger charge is -2.28. The summed E-state index contributed by atoms with van der Waals surface area (Å²) in [6, 6.07) is 41.1. The van der Waals surface area contributed by atoms with Crippen molar-refractivity contribution in [2.24, 2.45) is 22.9 Å². The van der Waals surface area contributed by atoms with Crippen LogP contribution in [0.15, 0.2) is 164 Å². The summed E-state index contributed by atoms with van der Waals surface area (Å²) in [5, 5.41) is 61.7. The fourth-order valence-corrected chi connectivity index (χ4v) is 10.8. The first-order valence-corrected chi connectivity index (χ1v) is 31.7. The highest BCUT2D eigenvalue weighted by atomic mass is 16.2. The van der Waals surface area contributed by atoms with Crippen molar-refractivity contribution in [2.45, 2.75) is 113 Å². The fraction of sp³-hybridized carbons (Fsp3) is 0.319. The van der Waals surface area contributed by atoms with Crippen molar-refractivity contribution in [3.63, 3.8) is 0 Å². The highest BCUT2D eigenvalue weighted by Gasteiger charge is 2.36. The molecule has 1 aliphatic heterocycles. The number of nitrogens with two attached hydrogens (primary N) is 4. The Morgan fingerprint density at radius 1 is 0.274 bits per heavy atom. The van der Waals surface area contributed by atoms with Gasteiger partial charge in [-0.3, -0.25) is 55.2 Å². The Morgan fingerprint density at radius 2 is 0.453 bits per heavy atom. The Bertz CT molecular complexity index is 3440. The van der Waals surface area contributed by atoms with Crippen LogP contribution in [-0.4, -0.2) is 134 Å². The second-order valence-electron chi connectivity index (χ2n) is 23.2. The summed E-state index contributed by atoms with van der Waals surface area (Å²) >= 11 is 0. The molecule has 0 radical (unpaired) electrons. The summed E-state index contributed by atoms with van der Waals surface area (Å²) in [4.78, 5) is 106. The summed E-state index contributed by atoms with van der Waals surface area (Å²) in [6.45, 7) is 0.371. The van der Waals surface area contributed by atoms with Gasteiger partial charge < -0.3 is 81.4 Å². The first kappa shape index (κ1) is 71.1. The predicted octanol–water partition coefficient (Wildman–Crippen LogP) is 2.18. The van der Waals surface area contributed by atoms with E-state index < -0.39 is 83.6 Å². The van der Waals surface area contributed by atoms with Crippen LogP contribution in [0.2, 0.25) is 0 Å². The minimum absolute atomic E-state index is 0.0862. The molecule has 1 heterocycles. The maximum atomic E-state index is 15.5. The van der Waals surface area contributed by atoms with Crippen molar-refractivity contribution in [1.82, 2.24) is 58.5 Å². The first-order chi connectivity index (χ1) is 45.8. The second kappa shape index (κ2) is 36.7. The average Bonchev–Trinajstić information content (AvgIpc) is 1.25. The molecule has 0 bridgehead atoms. The number of carbonyl (C=O) groups excluding carboxylic acids is 7. The average molecular weight is 1290 g/mol. The van der Waals surface area contributed by atoms with E-state index in [1.165, 1.54) is 0 Å². The SMILES string of the molecule is N=C(N)NCCC[C@@H]1NC(=O)[C@H](CCCNC(=N)N)NC(=O)[C@H](CCCNC(=N)N)NC(=O)[C@H](Cc2ccc(-c3ccccc3)cc2)NC(=O)[C@H](Cc2ccc(-c3ccccc3)cc2)NC(=O)[C@H](Cc2ccc(-c3ccccc3)cc2)NC(=O)[C@H](CCCNC(=N)N)NC1=O. The van der Waals surface area contributed by atoms with E-state index in [0.29, 0.717) is 16.7 Å². The van der Waals surface area contributed by atoms with Crippen molar-refractivity contribution in [3.05, 3.63) is 180 Å². The molecule has 1 fully saturated rings. The molecular formula is C69H87N19O7. The van der Waals surface area contributed by atoms with Crippen LogP contribution in [0.3, 0.4) is 0 Å². The zero-order chi connectivity index (χ0) is 68.1. The van der Waals surface area contributed by atoms with Crippen LogP contribution in [0.25, 0.3) is 33.4 Å². The summed E-state index contributed by atoms with van der Waals surface area (Å²) in [6.07, 6.45) is -0.133. The Hall–Kier alpha value is -11.3. The van der Waals surface area contributed by atoms with Crippen LogP contribution in [0, 0.1) is 21.6 Å². The number of nitrogens with one attached hydrogen (secondary N) is 15. The molecule has 95 heavy (non-hydrogen) atoms. The van der Waals surface area contributed by atoms with E-state index in [2.05, 4.69) is 58.5 Å². The Labute approximate surface area is 552 Å². The van der Waals surface area contributed by atoms with E-state index in [9.17, 15) is 14.4 Å². The molecule has 0 aliphatic carbocycles. The summed E-state index contributed by atoms with van der Waals surface area (Å²) < 4.78 is 0. The molecule has 7 rings (SSSR count). The minimum Gasteiger partial charge on any atom is -0.370 e. The van der Waals surface area contributed by atoms with Crippen LogP contribution in [0.4, 0.5) is 0 Å². The van der Waals surface area contributed by atoms with Crippen LogP contribution >= 0.6 is 0 Å². The molecule has 26 nitrogen and oxygen atoms in total. The van der Waals surface area contributed by atoms with Gasteiger partial charge in [0.25, 0.3) is 0 Å². The molecule has 26 heteroatoms. The molecule has 7 atom stereocenters. The molecule has 6 aromatic carbocycles. The molecule has 500 valence electrons. The molecule has 6 aromatic rings. The van der Waals surface area contributed by atoms with Gasteiger partial charge in [-0.25, -0.2) is 0 Å².